The number of nitrogens with zero attached hydrogens (tertiary/aromatic N) is 1. The number of halogens is 1. The summed E-state index contributed by atoms with van der Waals surface area (Å²) in [5, 5.41) is 4.39. The smallest absolute Gasteiger partial charge is 0.141 e. The third kappa shape index (κ3) is 3.69. The highest BCUT2D eigenvalue weighted by Gasteiger charge is 2.25. The molecular weight excluding hydrogens is 247 g/mol. The predicted molar refractivity (Wildman–Crippen MR) is 75.3 cm³/mol. The van der Waals surface area contributed by atoms with E-state index in [2.05, 4.69) is 35.9 Å². The first-order valence-electron chi connectivity index (χ1n) is 6.67. The van der Waals surface area contributed by atoms with E-state index in [9.17, 15) is 4.39 Å². The monoisotopic (exact) mass is 268 g/mol. The van der Waals surface area contributed by atoms with Gasteiger partial charge < -0.3 is 5.32 Å². The molecule has 0 aromatic carbocycles. The molecule has 0 spiro atoms. The fraction of sp³-hybridized carbons (Fsp3) is 0.643. The molecule has 1 N–H and O–H groups in total. The fourth-order valence-electron chi connectivity index (χ4n) is 2.59. The van der Waals surface area contributed by atoms with Crippen molar-refractivity contribution in [1.29, 1.82) is 0 Å². The minimum Gasteiger partial charge on any atom is -0.307 e. The Labute approximate surface area is 113 Å². The fourth-order valence-corrected chi connectivity index (χ4v) is 3.74. The van der Waals surface area contributed by atoms with Gasteiger partial charge in [0, 0.05) is 23.5 Å². The predicted octanol–water partition coefficient (Wildman–Crippen LogP) is 3.55. The molecule has 0 saturated heterocycles. The molecule has 1 aliphatic carbocycles. The summed E-state index contributed by atoms with van der Waals surface area (Å²) in [6, 6.07) is 2.30. The summed E-state index contributed by atoms with van der Waals surface area (Å²) >= 11 is 2.06. The summed E-state index contributed by atoms with van der Waals surface area (Å²) in [7, 11) is 0. The van der Waals surface area contributed by atoms with Crippen LogP contribution in [0.15, 0.2) is 18.5 Å². The third-order valence-corrected chi connectivity index (χ3v) is 4.73. The van der Waals surface area contributed by atoms with Gasteiger partial charge in [0.1, 0.15) is 5.82 Å². The van der Waals surface area contributed by atoms with Crippen LogP contribution in [0, 0.1) is 5.82 Å². The quantitative estimate of drug-likeness (QED) is 0.884. The number of rotatable bonds is 5. The molecule has 0 aliphatic heterocycles. The summed E-state index contributed by atoms with van der Waals surface area (Å²) in [5.41, 5.74) is 0.932. The van der Waals surface area contributed by atoms with E-state index in [1.807, 2.05) is 0 Å². The van der Waals surface area contributed by atoms with Gasteiger partial charge in [-0.05, 0) is 43.6 Å². The van der Waals surface area contributed by atoms with E-state index in [1.165, 1.54) is 31.2 Å². The largest absolute Gasteiger partial charge is 0.307 e. The van der Waals surface area contributed by atoms with Gasteiger partial charge >= 0.3 is 0 Å². The standard InChI is InChI=1S/C14H21FN2S/c1-3-18-14-5-4-13(7-14)17-10(2)11-6-12(15)9-16-8-11/h6,8-10,13-14,17H,3-5,7H2,1-2H3. The molecule has 100 valence electrons. The van der Waals surface area contributed by atoms with E-state index in [0.29, 0.717) is 6.04 Å². The number of hydrogen-bond donors (Lipinski definition) is 1. The topological polar surface area (TPSA) is 24.9 Å². The second kappa shape index (κ2) is 6.53. The molecule has 1 aliphatic rings. The second-order valence-electron chi connectivity index (χ2n) is 4.91. The van der Waals surface area contributed by atoms with Crippen molar-refractivity contribution in [3.8, 4) is 0 Å². The van der Waals surface area contributed by atoms with Crippen LogP contribution >= 0.6 is 11.8 Å². The molecule has 18 heavy (non-hydrogen) atoms. The molecule has 3 unspecified atom stereocenters. The van der Waals surface area contributed by atoms with Crippen LogP contribution in [0.4, 0.5) is 4.39 Å². The maximum atomic E-state index is 13.1. The molecule has 4 heteroatoms. The van der Waals surface area contributed by atoms with Crippen molar-refractivity contribution in [2.45, 2.75) is 50.4 Å². The lowest BCUT2D eigenvalue weighted by Gasteiger charge is -2.19. The third-order valence-electron chi connectivity index (χ3n) is 3.50. The van der Waals surface area contributed by atoms with Gasteiger partial charge in [0.25, 0.3) is 0 Å². The maximum Gasteiger partial charge on any atom is 0.141 e. The second-order valence-corrected chi connectivity index (χ2v) is 6.49. The molecule has 3 atom stereocenters. The number of thioether (sulfide) groups is 1. The Morgan fingerprint density at radius 1 is 1.50 bits per heavy atom. The van der Waals surface area contributed by atoms with Crippen molar-refractivity contribution < 1.29 is 4.39 Å². The van der Waals surface area contributed by atoms with Gasteiger partial charge in [0.15, 0.2) is 0 Å². The van der Waals surface area contributed by atoms with E-state index in [4.69, 9.17) is 0 Å². The maximum absolute atomic E-state index is 13.1. The molecule has 1 aromatic rings. The zero-order valence-corrected chi connectivity index (χ0v) is 11.8. The van der Waals surface area contributed by atoms with Crippen LogP contribution < -0.4 is 5.32 Å². The Kier molecular flexibility index (Phi) is 5.01. The van der Waals surface area contributed by atoms with Crippen molar-refractivity contribution in [2.75, 3.05) is 5.75 Å². The average molecular weight is 268 g/mol. The molecule has 1 aromatic heterocycles. The first-order valence-corrected chi connectivity index (χ1v) is 7.72. The molecule has 2 nitrogen and oxygen atoms in total. The highest BCUT2D eigenvalue weighted by atomic mass is 32.2. The molecule has 1 saturated carbocycles. The van der Waals surface area contributed by atoms with Crippen LogP contribution in [-0.4, -0.2) is 22.0 Å². The molecule has 0 bridgehead atoms. The molecule has 0 amide bonds. The van der Waals surface area contributed by atoms with Crippen molar-refractivity contribution in [3.63, 3.8) is 0 Å². The van der Waals surface area contributed by atoms with E-state index in [1.54, 1.807) is 12.3 Å². The zero-order chi connectivity index (χ0) is 13.0. The summed E-state index contributed by atoms with van der Waals surface area (Å²) in [6.07, 6.45) is 6.74. The van der Waals surface area contributed by atoms with E-state index in [-0.39, 0.29) is 11.9 Å². The SMILES string of the molecule is CCSC1CCC(NC(C)c2cncc(F)c2)C1. The Morgan fingerprint density at radius 2 is 2.33 bits per heavy atom. The average Bonchev–Trinajstić information content (AvgIpc) is 2.77. The van der Waals surface area contributed by atoms with Gasteiger partial charge in [0.05, 0.1) is 6.20 Å². The highest BCUT2D eigenvalue weighted by Crippen LogP contribution is 2.30. The summed E-state index contributed by atoms with van der Waals surface area (Å²) in [4.78, 5) is 3.91. The number of aromatic nitrogens is 1. The van der Waals surface area contributed by atoms with E-state index >= 15 is 0 Å². The van der Waals surface area contributed by atoms with Gasteiger partial charge in [-0.15, -0.1) is 0 Å². The van der Waals surface area contributed by atoms with Crippen LogP contribution in [-0.2, 0) is 0 Å². The van der Waals surface area contributed by atoms with Crippen molar-refractivity contribution in [1.82, 2.24) is 10.3 Å². The number of nitrogens with one attached hydrogen (secondary N) is 1. The first kappa shape index (κ1) is 13.8. The number of hydrogen-bond acceptors (Lipinski definition) is 3. The van der Waals surface area contributed by atoms with Crippen LogP contribution in [0.1, 0.15) is 44.7 Å². The van der Waals surface area contributed by atoms with Crippen LogP contribution in [0.5, 0.6) is 0 Å². The Balaban J connectivity index is 1.86. The van der Waals surface area contributed by atoms with Crippen molar-refractivity contribution in [2.24, 2.45) is 0 Å². The molecule has 2 rings (SSSR count). The van der Waals surface area contributed by atoms with Gasteiger partial charge in [-0.25, -0.2) is 4.39 Å². The summed E-state index contributed by atoms with van der Waals surface area (Å²) < 4.78 is 13.1. The first-order chi connectivity index (χ1) is 8.69. The normalized spacial score (nSPS) is 25.3. The Bertz CT molecular complexity index is 386. The molecule has 1 heterocycles. The minimum atomic E-state index is -0.257. The van der Waals surface area contributed by atoms with Crippen LogP contribution in [0.3, 0.4) is 0 Å². The lowest BCUT2D eigenvalue weighted by atomic mass is 10.1. The molecule has 0 radical (unpaired) electrons. The number of pyridine rings is 1. The highest BCUT2D eigenvalue weighted by molar-refractivity contribution is 7.99. The van der Waals surface area contributed by atoms with Gasteiger partial charge in [-0.2, -0.15) is 11.8 Å². The van der Waals surface area contributed by atoms with Crippen LogP contribution in [0.25, 0.3) is 0 Å². The zero-order valence-electron chi connectivity index (χ0n) is 11.0. The van der Waals surface area contributed by atoms with Gasteiger partial charge in [0.2, 0.25) is 0 Å². The van der Waals surface area contributed by atoms with E-state index in [0.717, 1.165) is 10.8 Å². The van der Waals surface area contributed by atoms with Crippen molar-refractivity contribution in [3.05, 3.63) is 29.8 Å². The van der Waals surface area contributed by atoms with Crippen molar-refractivity contribution >= 4 is 11.8 Å². The minimum absolute atomic E-state index is 0.170. The Morgan fingerprint density at radius 3 is 3.06 bits per heavy atom. The lowest BCUT2D eigenvalue weighted by Crippen LogP contribution is -2.29. The Hall–Kier alpha value is -0.610. The summed E-state index contributed by atoms with van der Waals surface area (Å²) in [6.45, 7) is 4.29. The van der Waals surface area contributed by atoms with Crippen LogP contribution in [0.2, 0.25) is 0 Å². The van der Waals surface area contributed by atoms with E-state index < -0.39 is 0 Å². The lowest BCUT2D eigenvalue weighted by molar-refractivity contribution is 0.459. The summed E-state index contributed by atoms with van der Waals surface area (Å²) in [5.74, 6) is 0.938. The molecular formula is C14H21FN2S. The molecule has 1 fully saturated rings. The van der Waals surface area contributed by atoms with Gasteiger partial charge in [-0.3, -0.25) is 4.98 Å². The van der Waals surface area contributed by atoms with Gasteiger partial charge in [-0.1, -0.05) is 6.92 Å².